The quantitative estimate of drug-likeness (QED) is 0.660. The van der Waals surface area contributed by atoms with E-state index < -0.39 is 0 Å². The Morgan fingerprint density at radius 1 is 1.11 bits per heavy atom. The Morgan fingerprint density at radius 3 is 2.43 bits per heavy atom. The lowest BCUT2D eigenvalue weighted by Gasteiger charge is -2.23. The Hall–Kier alpha value is -2.67. The Kier molecular flexibility index (Phi) is 5.84. The van der Waals surface area contributed by atoms with Crippen LogP contribution in [0.2, 0.25) is 0 Å². The standard InChI is InChI=1S/C21H25N5OS/c1-14-8-6-7-9-17(14)26-18(16-10-12-22-13-11-16)24-25-20(26)28-15(2)19(27)23-21(3,4)5/h6-13,15H,1-5H3,(H,23,27). The molecule has 6 nitrogen and oxygen atoms in total. The molecule has 2 heterocycles. The molecule has 146 valence electrons. The van der Waals surface area contributed by atoms with E-state index in [0.717, 1.165) is 22.6 Å². The molecule has 0 spiro atoms. The van der Waals surface area contributed by atoms with Crippen molar-refractivity contribution in [2.75, 3.05) is 0 Å². The SMILES string of the molecule is Cc1ccccc1-n1c(SC(C)C(=O)NC(C)(C)C)nnc1-c1ccncc1. The van der Waals surface area contributed by atoms with Crippen molar-refractivity contribution in [2.45, 2.75) is 50.6 Å². The summed E-state index contributed by atoms with van der Waals surface area (Å²) in [6, 6.07) is 11.9. The minimum atomic E-state index is -0.309. The van der Waals surface area contributed by atoms with E-state index in [-0.39, 0.29) is 16.7 Å². The van der Waals surface area contributed by atoms with E-state index >= 15 is 0 Å². The number of aryl methyl sites for hydroxylation is 1. The third-order valence-electron chi connectivity index (χ3n) is 4.08. The van der Waals surface area contributed by atoms with Crippen LogP contribution >= 0.6 is 11.8 Å². The zero-order valence-electron chi connectivity index (χ0n) is 16.8. The van der Waals surface area contributed by atoms with Crippen LogP contribution in [-0.4, -0.2) is 36.4 Å². The summed E-state index contributed by atoms with van der Waals surface area (Å²) >= 11 is 1.40. The number of aromatic nitrogens is 4. The van der Waals surface area contributed by atoms with Crippen LogP contribution in [0, 0.1) is 6.92 Å². The minimum absolute atomic E-state index is 0.0257. The zero-order valence-corrected chi connectivity index (χ0v) is 17.6. The molecular formula is C21H25N5OS. The van der Waals surface area contributed by atoms with Crippen molar-refractivity contribution >= 4 is 17.7 Å². The van der Waals surface area contributed by atoms with Gasteiger partial charge in [-0.15, -0.1) is 10.2 Å². The molecule has 3 aromatic rings. The molecule has 1 atom stereocenters. The Balaban J connectivity index is 2.02. The van der Waals surface area contributed by atoms with Gasteiger partial charge in [-0.2, -0.15) is 0 Å². The van der Waals surface area contributed by atoms with Crippen LogP contribution < -0.4 is 5.32 Å². The van der Waals surface area contributed by atoms with Crippen molar-refractivity contribution in [3.05, 3.63) is 54.4 Å². The topological polar surface area (TPSA) is 72.7 Å². The van der Waals surface area contributed by atoms with E-state index in [4.69, 9.17) is 0 Å². The summed E-state index contributed by atoms with van der Waals surface area (Å²) in [5, 5.41) is 12.2. The number of pyridine rings is 1. The van der Waals surface area contributed by atoms with Gasteiger partial charge in [-0.05, 0) is 58.4 Å². The molecule has 0 aliphatic carbocycles. The lowest BCUT2D eigenvalue weighted by atomic mass is 10.1. The summed E-state index contributed by atoms with van der Waals surface area (Å²) in [5.41, 5.74) is 2.73. The number of nitrogens with one attached hydrogen (secondary N) is 1. The second-order valence-corrected chi connectivity index (χ2v) is 8.97. The zero-order chi connectivity index (χ0) is 20.3. The molecule has 28 heavy (non-hydrogen) atoms. The third-order valence-corrected chi connectivity index (χ3v) is 5.12. The number of amides is 1. The molecule has 0 aliphatic heterocycles. The maximum Gasteiger partial charge on any atom is 0.233 e. The lowest BCUT2D eigenvalue weighted by Crippen LogP contribution is -2.44. The monoisotopic (exact) mass is 395 g/mol. The summed E-state index contributed by atoms with van der Waals surface area (Å²) in [7, 11) is 0. The van der Waals surface area contributed by atoms with E-state index in [9.17, 15) is 4.79 Å². The molecule has 1 aromatic carbocycles. The highest BCUT2D eigenvalue weighted by atomic mass is 32.2. The van der Waals surface area contributed by atoms with Crippen molar-refractivity contribution in [3.8, 4) is 17.1 Å². The van der Waals surface area contributed by atoms with E-state index in [1.165, 1.54) is 11.8 Å². The highest BCUT2D eigenvalue weighted by molar-refractivity contribution is 8.00. The molecule has 1 N–H and O–H groups in total. The van der Waals surface area contributed by atoms with Crippen LogP contribution in [-0.2, 0) is 4.79 Å². The van der Waals surface area contributed by atoms with Crippen molar-refractivity contribution in [3.63, 3.8) is 0 Å². The highest BCUT2D eigenvalue weighted by Crippen LogP contribution is 2.31. The molecule has 0 saturated heterocycles. The van der Waals surface area contributed by atoms with Crippen LogP contribution in [0.4, 0.5) is 0 Å². The van der Waals surface area contributed by atoms with Gasteiger partial charge in [0.1, 0.15) is 0 Å². The van der Waals surface area contributed by atoms with Crippen LogP contribution in [0.25, 0.3) is 17.1 Å². The fourth-order valence-corrected chi connectivity index (χ4v) is 3.61. The molecule has 7 heteroatoms. The smallest absolute Gasteiger partial charge is 0.233 e. The molecule has 0 radical (unpaired) electrons. The van der Waals surface area contributed by atoms with Gasteiger partial charge in [0.2, 0.25) is 5.91 Å². The predicted octanol–water partition coefficient (Wildman–Crippen LogP) is 4.03. The molecule has 0 fully saturated rings. The van der Waals surface area contributed by atoms with E-state index in [1.54, 1.807) is 12.4 Å². The number of benzene rings is 1. The normalized spacial score (nSPS) is 12.6. The Bertz CT molecular complexity index is 962. The number of thioether (sulfide) groups is 1. The molecule has 3 rings (SSSR count). The summed E-state index contributed by atoms with van der Waals surface area (Å²) < 4.78 is 2.01. The van der Waals surface area contributed by atoms with Gasteiger partial charge in [0.15, 0.2) is 11.0 Å². The molecule has 0 aliphatic rings. The fourth-order valence-electron chi connectivity index (χ4n) is 2.75. The highest BCUT2D eigenvalue weighted by Gasteiger charge is 2.24. The molecule has 1 amide bonds. The third kappa shape index (κ3) is 4.59. The summed E-state index contributed by atoms with van der Waals surface area (Å²) in [5.74, 6) is 0.699. The largest absolute Gasteiger partial charge is 0.351 e. The summed E-state index contributed by atoms with van der Waals surface area (Å²) in [6.45, 7) is 9.85. The second kappa shape index (κ2) is 8.14. The van der Waals surface area contributed by atoms with Gasteiger partial charge in [-0.25, -0.2) is 0 Å². The maximum absolute atomic E-state index is 12.6. The van der Waals surface area contributed by atoms with Gasteiger partial charge >= 0.3 is 0 Å². The molecule has 0 bridgehead atoms. The summed E-state index contributed by atoms with van der Waals surface area (Å²) in [6.07, 6.45) is 3.47. The molecule has 2 aromatic heterocycles. The average molecular weight is 396 g/mol. The van der Waals surface area contributed by atoms with Crippen LogP contribution in [0.5, 0.6) is 0 Å². The van der Waals surface area contributed by atoms with Gasteiger partial charge in [-0.1, -0.05) is 30.0 Å². The maximum atomic E-state index is 12.6. The van der Waals surface area contributed by atoms with E-state index in [1.807, 2.05) is 62.6 Å². The van der Waals surface area contributed by atoms with Crippen molar-refractivity contribution in [1.29, 1.82) is 0 Å². The number of carbonyl (C=O) groups is 1. The van der Waals surface area contributed by atoms with Crippen molar-refractivity contribution < 1.29 is 4.79 Å². The average Bonchev–Trinajstić information content (AvgIpc) is 3.04. The van der Waals surface area contributed by atoms with Crippen LogP contribution in [0.1, 0.15) is 33.3 Å². The van der Waals surface area contributed by atoms with E-state index in [0.29, 0.717) is 5.16 Å². The molecule has 1 unspecified atom stereocenters. The minimum Gasteiger partial charge on any atom is -0.351 e. The number of hydrogen-bond donors (Lipinski definition) is 1. The summed E-state index contributed by atoms with van der Waals surface area (Å²) in [4.78, 5) is 16.6. The number of para-hydroxylation sites is 1. The van der Waals surface area contributed by atoms with Crippen molar-refractivity contribution in [2.24, 2.45) is 0 Å². The number of nitrogens with zero attached hydrogens (tertiary/aromatic N) is 4. The first kappa shape index (κ1) is 20.1. The van der Waals surface area contributed by atoms with E-state index in [2.05, 4.69) is 33.5 Å². The first-order valence-electron chi connectivity index (χ1n) is 9.17. The Morgan fingerprint density at radius 2 is 1.79 bits per heavy atom. The number of carbonyl (C=O) groups excluding carboxylic acids is 1. The van der Waals surface area contributed by atoms with Gasteiger partial charge in [0.25, 0.3) is 0 Å². The molecular weight excluding hydrogens is 370 g/mol. The number of hydrogen-bond acceptors (Lipinski definition) is 5. The van der Waals surface area contributed by atoms with Crippen LogP contribution in [0.3, 0.4) is 0 Å². The lowest BCUT2D eigenvalue weighted by molar-refractivity contribution is -0.121. The number of rotatable bonds is 5. The van der Waals surface area contributed by atoms with Gasteiger partial charge < -0.3 is 5.32 Å². The molecule has 0 saturated carbocycles. The van der Waals surface area contributed by atoms with Gasteiger partial charge in [0.05, 0.1) is 10.9 Å². The van der Waals surface area contributed by atoms with Crippen LogP contribution in [0.15, 0.2) is 53.9 Å². The Labute approximate surface area is 169 Å². The second-order valence-electron chi connectivity index (χ2n) is 7.66. The fraction of sp³-hybridized carbons (Fsp3) is 0.333. The van der Waals surface area contributed by atoms with Crippen molar-refractivity contribution in [1.82, 2.24) is 25.1 Å². The van der Waals surface area contributed by atoms with Gasteiger partial charge in [-0.3, -0.25) is 14.3 Å². The first-order valence-corrected chi connectivity index (χ1v) is 10.0. The van der Waals surface area contributed by atoms with Gasteiger partial charge in [0, 0.05) is 23.5 Å². The first-order chi connectivity index (χ1) is 13.3. The predicted molar refractivity (Wildman–Crippen MR) is 113 cm³/mol.